The van der Waals surface area contributed by atoms with Gasteiger partial charge in [-0.1, -0.05) is 6.92 Å². The summed E-state index contributed by atoms with van der Waals surface area (Å²) >= 11 is 6.22. The Morgan fingerprint density at radius 3 is 2.87 bits per heavy atom. The van der Waals surface area contributed by atoms with Crippen LogP contribution in [0.15, 0.2) is 12.3 Å². The van der Waals surface area contributed by atoms with Gasteiger partial charge >= 0.3 is 0 Å². The summed E-state index contributed by atoms with van der Waals surface area (Å²) in [5.41, 5.74) is 1.58. The van der Waals surface area contributed by atoms with E-state index in [1.54, 1.807) is 0 Å². The quantitative estimate of drug-likeness (QED) is 0.706. The maximum atomic E-state index is 6.22. The maximum Gasteiger partial charge on any atom is 0.0492 e. The number of halogens is 1. The van der Waals surface area contributed by atoms with Crippen LogP contribution in [0.5, 0.6) is 0 Å². The molecule has 0 amide bonds. The zero-order valence-electron chi connectivity index (χ0n) is 9.70. The second kappa shape index (κ2) is 3.82. The van der Waals surface area contributed by atoms with Crippen molar-refractivity contribution in [3.05, 3.63) is 18.0 Å². The lowest BCUT2D eigenvalue weighted by Gasteiger charge is -2.26. The van der Waals surface area contributed by atoms with Crippen LogP contribution in [-0.4, -0.2) is 15.2 Å². The van der Waals surface area contributed by atoms with E-state index in [1.807, 2.05) is 6.20 Å². The Hall–Kier alpha value is -0.500. The lowest BCUT2D eigenvalue weighted by atomic mass is 9.85. The van der Waals surface area contributed by atoms with Gasteiger partial charge in [-0.15, -0.1) is 11.6 Å². The Morgan fingerprint density at radius 2 is 2.33 bits per heavy atom. The number of rotatable bonds is 2. The Morgan fingerprint density at radius 1 is 1.60 bits per heavy atom. The van der Waals surface area contributed by atoms with E-state index in [4.69, 9.17) is 11.6 Å². The van der Waals surface area contributed by atoms with Crippen molar-refractivity contribution < 1.29 is 0 Å². The third-order valence-corrected chi connectivity index (χ3v) is 3.83. The van der Waals surface area contributed by atoms with Crippen molar-refractivity contribution in [1.29, 1.82) is 0 Å². The van der Waals surface area contributed by atoms with Crippen molar-refractivity contribution in [2.75, 3.05) is 0 Å². The van der Waals surface area contributed by atoms with Gasteiger partial charge in [0.05, 0.1) is 0 Å². The molecule has 15 heavy (non-hydrogen) atoms. The molecule has 0 aliphatic heterocycles. The topological polar surface area (TPSA) is 17.8 Å². The summed E-state index contributed by atoms with van der Waals surface area (Å²) in [5.74, 6) is 0. The summed E-state index contributed by atoms with van der Waals surface area (Å²) in [6.07, 6.45) is 5.29. The maximum absolute atomic E-state index is 6.22. The highest BCUT2D eigenvalue weighted by atomic mass is 35.5. The summed E-state index contributed by atoms with van der Waals surface area (Å²) < 4.78 is 2.13. The normalized spacial score (nSPS) is 31.4. The van der Waals surface area contributed by atoms with Crippen molar-refractivity contribution in [3.8, 4) is 0 Å². The molecule has 0 saturated heterocycles. The van der Waals surface area contributed by atoms with Crippen molar-refractivity contribution in [3.63, 3.8) is 0 Å². The largest absolute Gasteiger partial charge is 0.267 e. The molecule has 1 aliphatic carbocycles. The lowest BCUT2D eigenvalue weighted by molar-refractivity contribution is 0.405. The molecule has 0 bridgehead atoms. The molecule has 0 radical (unpaired) electrons. The second-order valence-electron chi connectivity index (χ2n) is 5.16. The predicted molar refractivity (Wildman–Crippen MR) is 63.5 cm³/mol. The van der Waals surface area contributed by atoms with Crippen LogP contribution in [0.4, 0.5) is 0 Å². The van der Waals surface area contributed by atoms with Crippen LogP contribution in [0, 0.1) is 0 Å². The molecule has 0 aromatic carbocycles. The fourth-order valence-corrected chi connectivity index (χ4v) is 3.05. The van der Waals surface area contributed by atoms with Gasteiger partial charge in [0.2, 0.25) is 0 Å². The van der Waals surface area contributed by atoms with Crippen molar-refractivity contribution in [2.45, 2.75) is 56.9 Å². The third kappa shape index (κ3) is 1.92. The van der Waals surface area contributed by atoms with Gasteiger partial charge in [-0.05, 0) is 39.2 Å². The molecule has 2 unspecified atom stereocenters. The van der Waals surface area contributed by atoms with Crippen LogP contribution in [-0.2, 0) is 5.41 Å². The first kappa shape index (κ1) is 11.0. The average Bonchev–Trinajstić information content (AvgIpc) is 2.72. The Kier molecular flexibility index (Phi) is 2.80. The molecule has 1 aliphatic rings. The second-order valence-corrected chi connectivity index (χ2v) is 5.77. The van der Waals surface area contributed by atoms with Crippen LogP contribution in [0.3, 0.4) is 0 Å². The van der Waals surface area contributed by atoms with Crippen LogP contribution in [0.1, 0.15) is 51.8 Å². The molecular weight excluding hydrogens is 208 g/mol. The minimum atomic E-state index is 0.229. The predicted octanol–water partition coefficient (Wildman–Crippen LogP) is 3.51. The van der Waals surface area contributed by atoms with E-state index >= 15 is 0 Å². The average molecular weight is 227 g/mol. The molecule has 84 valence electrons. The zero-order valence-corrected chi connectivity index (χ0v) is 10.5. The molecule has 1 aromatic heterocycles. The summed E-state index contributed by atoms with van der Waals surface area (Å²) in [4.78, 5) is 0. The summed E-state index contributed by atoms with van der Waals surface area (Å²) in [6, 6.07) is 2.58. The van der Waals surface area contributed by atoms with Gasteiger partial charge in [0.1, 0.15) is 0 Å². The first-order chi connectivity index (χ1) is 7.03. The first-order valence-electron chi connectivity index (χ1n) is 5.71. The Labute approximate surface area is 96.6 Å². The van der Waals surface area contributed by atoms with Gasteiger partial charge in [-0.2, -0.15) is 5.10 Å². The van der Waals surface area contributed by atoms with E-state index in [2.05, 4.69) is 36.6 Å². The number of aromatic nitrogens is 2. The smallest absolute Gasteiger partial charge is 0.0492 e. The van der Waals surface area contributed by atoms with Crippen LogP contribution >= 0.6 is 11.6 Å². The SMILES string of the molecule is CC(C)n1nccc1C1(C)CCC(Cl)C1. The van der Waals surface area contributed by atoms with Crippen LogP contribution in [0.25, 0.3) is 0 Å². The molecule has 3 heteroatoms. The van der Waals surface area contributed by atoms with Crippen LogP contribution in [0.2, 0.25) is 0 Å². The minimum Gasteiger partial charge on any atom is -0.267 e. The number of alkyl halides is 1. The molecule has 2 nitrogen and oxygen atoms in total. The molecule has 1 saturated carbocycles. The molecule has 0 N–H and O–H groups in total. The fraction of sp³-hybridized carbons (Fsp3) is 0.750. The van der Waals surface area contributed by atoms with Crippen molar-refractivity contribution >= 4 is 11.6 Å². The van der Waals surface area contributed by atoms with Gasteiger partial charge in [-0.3, -0.25) is 4.68 Å². The Bertz CT molecular complexity index is 345. The van der Waals surface area contributed by atoms with Crippen molar-refractivity contribution in [1.82, 2.24) is 9.78 Å². The molecule has 1 fully saturated rings. The summed E-state index contributed by atoms with van der Waals surface area (Å²) in [6.45, 7) is 6.66. The van der Waals surface area contributed by atoms with Gasteiger partial charge < -0.3 is 0 Å². The van der Waals surface area contributed by atoms with Gasteiger partial charge in [0.15, 0.2) is 0 Å². The molecule has 1 heterocycles. The van der Waals surface area contributed by atoms with E-state index < -0.39 is 0 Å². The minimum absolute atomic E-state index is 0.229. The molecule has 0 spiro atoms. The van der Waals surface area contributed by atoms with E-state index in [-0.39, 0.29) is 5.41 Å². The highest BCUT2D eigenvalue weighted by Crippen LogP contribution is 2.43. The fourth-order valence-electron chi connectivity index (χ4n) is 2.60. The van der Waals surface area contributed by atoms with Gasteiger partial charge in [-0.25, -0.2) is 0 Å². The monoisotopic (exact) mass is 226 g/mol. The van der Waals surface area contributed by atoms with E-state index in [0.29, 0.717) is 11.4 Å². The zero-order chi connectivity index (χ0) is 11.1. The summed E-state index contributed by atoms with van der Waals surface area (Å²) in [5, 5.41) is 4.74. The van der Waals surface area contributed by atoms with E-state index in [9.17, 15) is 0 Å². The van der Waals surface area contributed by atoms with Gasteiger partial charge in [0.25, 0.3) is 0 Å². The molecule has 2 rings (SSSR count). The highest BCUT2D eigenvalue weighted by molar-refractivity contribution is 6.20. The van der Waals surface area contributed by atoms with E-state index in [1.165, 1.54) is 12.1 Å². The molecular formula is C12H19ClN2. The number of nitrogens with zero attached hydrogens (tertiary/aromatic N) is 2. The standard InChI is InChI=1S/C12H19ClN2/c1-9(2)15-11(5-7-14-15)12(3)6-4-10(13)8-12/h5,7,9-10H,4,6,8H2,1-3H3. The third-order valence-electron chi connectivity index (χ3n) is 3.46. The summed E-state index contributed by atoms with van der Waals surface area (Å²) in [7, 11) is 0. The first-order valence-corrected chi connectivity index (χ1v) is 6.14. The van der Waals surface area contributed by atoms with E-state index in [0.717, 1.165) is 12.8 Å². The highest BCUT2D eigenvalue weighted by Gasteiger charge is 2.38. The lowest BCUT2D eigenvalue weighted by Crippen LogP contribution is -2.24. The van der Waals surface area contributed by atoms with Crippen LogP contribution < -0.4 is 0 Å². The molecule has 1 aromatic rings. The number of hydrogen-bond acceptors (Lipinski definition) is 1. The van der Waals surface area contributed by atoms with Gasteiger partial charge in [0, 0.05) is 28.7 Å². The molecule has 2 atom stereocenters. The Balaban J connectivity index is 2.32. The van der Waals surface area contributed by atoms with Crippen molar-refractivity contribution in [2.24, 2.45) is 0 Å². The number of hydrogen-bond donors (Lipinski definition) is 0.